The number of hydrogen-bond acceptors (Lipinski definition) is 1. The second kappa shape index (κ2) is 4.15. The van der Waals surface area contributed by atoms with E-state index in [-0.39, 0.29) is 5.56 Å². The van der Waals surface area contributed by atoms with Crippen molar-refractivity contribution in [1.29, 1.82) is 0 Å². The third-order valence-electron chi connectivity index (χ3n) is 3.19. The predicted octanol–water partition coefficient (Wildman–Crippen LogP) is 3.50. The van der Waals surface area contributed by atoms with E-state index in [9.17, 15) is 4.79 Å². The molecule has 0 radical (unpaired) electrons. The molecule has 0 saturated heterocycles. The predicted molar refractivity (Wildman–Crippen MR) is 74.7 cm³/mol. The maximum atomic E-state index is 12.2. The number of fused-ring (bicyclic) bond motifs is 1. The molecule has 2 nitrogen and oxygen atoms in total. The fourth-order valence-electron chi connectivity index (χ4n) is 2.34. The van der Waals surface area contributed by atoms with Crippen LogP contribution in [0.3, 0.4) is 0 Å². The highest BCUT2D eigenvalue weighted by atomic mass is 16.1. The van der Waals surface area contributed by atoms with Gasteiger partial charge in [-0.05, 0) is 17.9 Å². The van der Waals surface area contributed by atoms with E-state index in [1.165, 1.54) is 0 Å². The summed E-state index contributed by atoms with van der Waals surface area (Å²) in [5, 5.41) is 2.10. The highest BCUT2D eigenvalue weighted by Gasteiger charge is 2.09. The van der Waals surface area contributed by atoms with Gasteiger partial charge in [0.05, 0.1) is 5.56 Å². The number of nitrogens with one attached hydrogen (secondary N) is 1. The number of benzene rings is 2. The van der Waals surface area contributed by atoms with E-state index in [1.807, 2.05) is 61.5 Å². The first-order valence-electron chi connectivity index (χ1n) is 5.94. The zero-order valence-corrected chi connectivity index (χ0v) is 10.1. The van der Waals surface area contributed by atoms with Gasteiger partial charge in [-0.15, -0.1) is 0 Å². The summed E-state index contributed by atoms with van der Waals surface area (Å²) in [6.07, 6.45) is 0. The van der Waals surface area contributed by atoms with Crippen LogP contribution in [-0.4, -0.2) is 4.98 Å². The van der Waals surface area contributed by atoms with Gasteiger partial charge in [0, 0.05) is 11.1 Å². The van der Waals surface area contributed by atoms with Gasteiger partial charge < -0.3 is 4.98 Å². The number of pyridine rings is 1. The standard InChI is InChI=1S/C16H13NO/c1-11-13-9-5-6-10-14(13)15(16(18)17-11)12-7-3-2-4-8-12/h2-10H,1H3,(H,17,18). The van der Waals surface area contributed by atoms with Crippen LogP contribution in [0.2, 0.25) is 0 Å². The minimum atomic E-state index is -0.0302. The Morgan fingerprint density at radius 2 is 1.44 bits per heavy atom. The molecule has 3 rings (SSSR count). The highest BCUT2D eigenvalue weighted by Crippen LogP contribution is 2.25. The Morgan fingerprint density at radius 1 is 0.833 bits per heavy atom. The lowest BCUT2D eigenvalue weighted by Crippen LogP contribution is -2.11. The molecule has 2 aromatic carbocycles. The van der Waals surface area contributed by atoms with Crippen LogP contribution in [0, 0.1) is 6.92 Å². The monoisotopic (exact) mass is 235 g/mol. The molecule has 0 fully saturated rings. The summed E-state index contributed by atoms with van der Waals surface area (Å²) >= 11 is 0. The molecule has 0 saturated carbocycles. The van der Waals surface area contributed by atoms with Gasteiger partial charge in [0.15, 0.2) is 0 Å². The Bertz CT molecular complexity index is 757. The number of rotatable bonds is 1. The topological polar surface area (TPSA) is 32.9 Å². The maximum absolute atomic E-state index is 12.2. The van der Waals surface area contributed by atoms with E-state index in [1.54, 1.807) is 0 Å². The van der Waals surface area contributed by atoms with E-state index in [0.29, 0.717) is 0 Å². The second-order valence-electron chi connectivity index (χ2n) is 4.37. The van der Waals surface area contributed by atoms with Gasteiger partial charge >= 0.3 is 0 Å². The Balaban J connectivity index is 2.46. The minimum absolute atomic E-state index is 0.0302. The molecule has 88 valence electrons. The molecule has 0 spiro atoms. The first-order valence-corrected chi connectivity index (χ1v) is 5.94. The van der Waals surface area contributed by atoms with Crippen LogP contribution in [0.1, 0.15) is 5.69 Å². The van der Waals surface area contributed by atoms with Gasteiger partial charge in [-0.2, -0.15) is 0 Å². The molecule has 1 aromatic heterocycles. The number of H-pyrrole nitrogens is 1. The van der Waals surface area contributed by atoms with Crippen LogP contribution in [0.25, 0.3) is 21.9 Å². The molecule has 1 heterocycles. The average molecular weight is 235 g/mol. The molecule has 0 bridgehead atoms. The molecule has 2 heteroatoms. The van der Waals surface area contributed by atoms with E-state index in [4.69, 9.17) is 0 Å². The SMILES string of the molecule is Cc1[nH]c(=O)c(-c2ccccc2)c2ccccc12. The van der Waals surface area contributed by atoms with E-state index in [2.05, 4.69) is 4.98 Å². The second-order valence-corrected chi connectivity index (χ2v) is 4.37. The summed E-state index contributed by atoms with van der Waals surface area (Å²) in [5.74, 6) is 0. The van der Waals surface area contributed by atoms with Crippen LogP contribution in [-0.2, 0) is 0 Å². The van der Waals surface area contributed by atoms with E-state index >= 15 is 0 Å². The summed E-state index contributed by atoms with van der Waals surface area (Å²) < 4.78 is 0. The molecule has 0 atom stereocenters. The largest absolute Gasteiger partial charge is 0.325 e. The molecule has 0 aliphatic rings. The Morgan fingerprint density at radius 3 is 2.17 bits per heavy atom. The van der Waals surface area contributed by atoms with Gasteiger partial charge in [-0.25, -0.2) is 0 Å². The van der Waals surface area contributed by atoms with Crippen molar-refractivity contribution in [1.82, 2.24) is 4.98 Å². The summed E-state index contributed by atoms with van der Waals surface area (Å²) in [7, 11) is 0. The van der Waals surface area contributed by atoms with Crippen molar-refractivity contribution in [2.24, 2.45) is 0 Å². The molecule has 18 heavy (non-hydrogen) atoms. The highest BCUT2D eigenvalue weighted by molar-refractivity contribution is 5.97. The molecular formula is C16H13NO. The zero-order valence-electron chi connectivity index (χ0n) is 10.1. The van der Waals surface area contributed by atoms with Crippen LogP contribution in [0.5, 0.6) is 0 Å². The molecular weight excluding hydrogens is 222 g/mol. The molecule has 1 N–H and O–H groups in total. The third kappa shape index (κ3) is 1.63. The Kier molecular flexibility index (Phi) is 2.49. The molecule has 0 amide bonds. The lowest BCUT2D eigenvalue weighted by molar-refractivity contribution is 1.18. The van der Waals surface area contributed by atoms with Gasteiger partial charge in [0.2, 0.25) is 0 Å². The summed E-state index contributed by atoms with van der Waals surface area (Å²) in [6.45, 7) is 1.93. The van der Waals surface area contributed by atoms with Crippen LogP contribution in [0.4, 0.5) is 0 Å². The van der Waals surface area contributed by atoms with Gasteiger partial charge in [-0.3, -0.25) is 4.79 Å². The Labute approximate surface area is 105 Å². The lowest BCUT2D eigenvalue weighted by Gasteiger charge is -2.08. The maximum Gasteiger partial charge on any atom is 0.256 e. The van der Waals surface area contributed by atoms with Crippen molar-refractivity contribution in [3.8, 4) is 11.1 Å². The van der Waals surface area contributed by atoms with Crippen LogP contribution in [0.15, 0.2) is 59.4 Å². The number of aryl methyl sites for hydroxylation is 1. The number of hydrogen-bond donors (Lipinski definition) is 1. The van der Waals surface area contributed by atoms with E-state index in [0.717, 1.165) is 27.6 Å². The van der Waals surface area contributed by atoms with Crippen LogP contribution < -0.4 is 5.56 Å². The van der Waals surface area contributed by atoms with Crippen molar-refractivity contribution in [3.05, 3.63) is 70.6 Å². The number of aromatic amines is 1. The van der Waals surface area contributed by atoms with Crippen molar-refractivity contribution in [2.75, 3.05) is 0 Å². The van der Waals surface area contributed by atoms with Gasteiger partial charge in [0.25, 0.3) is 5.56 Å². The third-order valence-corrected chi connectivity index (χ3v) is 3.19. The molecule has 3 aromatic rings. The van der Waals surface area contributed by atoms with Crippen molar-refractivity contribution >= 4 is 10.8 Å². The average Bonchev–Trinajstić information content (AvgIpc) is 2.40. The fourth-order valence-corrected chi connectivity index (χ4v) is 2.34. The van der Waals surface area contributed by atoms with Crippen LogP contribution >= 0.6 is 0 Å². The first-order chi connectivity index (χ1) is 8.77. The lowest BCUT2D eigenvalue weighted by atomic mass is 9.99. The van der Waals surface area contributed by atoms with Crippen molar-refractivity contribution < 1.29 is 0 Å². The van der Waals surface area contributed by atoms with Gasteiger partial charge in [-0.1, -0.05) is 54.6 Å². The van der Waals surface area contributed by atoms with Crippen molar-refractivity contribution in [2.45, 2.75) is 6.92 Å². The summed E-state index contributed by atoms with van der Waals surface area (Å²) in [4.78, 5) is 15.1. The summed E-state index contributed by atoms with van der Waals surface area (Å²) in [5.41, 5.74) is 2.58. The fraction of sp³-hybridized carbons (Fsp3) is 0.0625. The Hall–Kier alpha value is -2.35. The van der Waals surface area contributed by atoms with Gasteiger partial charge in [0.1, 0.15) is 0 Å². The molecule has 0 unspecified atom stereocenters. The zero-order chi connectivity index (χ0) is 12.5. The molecule has 0 aliphatic carbocycles. The normalized spacial score (nSPS) is 10.7. The van der Waals surface area contributed by atoms with Crippen molar-refractivity contribution in [3.63, 3.8) is 0 Å². The smallest absolute Gasteiger partial charge is 0.256 e. The van der Waals surface area contributed by atoms with E-state index < -0.39 is 0 Å². The minimum Gasteiger partial charge on any atom is -0.325 e. The first kappa shape index (κ1) is 10.8. The molecule has 0 aliphatic heterocycles. The quantitative estimate of drug-likeness (QED) is 0.688. The summed E-state index contributed by atoms with van der Waals surface area (Å²) in [6, 6.07) is 17.8. The number of aromatic nitrogens is 1.